The predicted octanol–water partition coefficient (Wildman–Crippen LogP) is 2.92. The fourth-order valence-corrected chi connectivity index (χ4v) is 2.99. The highest BCUT2D eigenvalue weighted by atomic mass is 32.2. The SMILES string of the molecule is CC=CC(=O)NC1CCSc2ccccc21. The first kappa shape index (κ1) is 11.3. The van der Waals surface area contributed by atoms with Gasteiger partial charge in [0.25, 0.3) is 0 Å². The third kappa shape index (κ3) is 2.47. The van der Waals surface area contributed by atoms with E-state index in [-0.39, 0.29) is 11.9 Å². The zero-order chi connectivity index (χ0) is 11.4. The van der Waals surface area contributed by atoms with Gasteiger partial charge in [0, 0.05) is 10.6 Å². The summed E-state index contributed by atoms with van der Waals surface area (Å²) < 4.78 is 0. The fraction of sp³-hybridized carbons (Fsp3) is 0.308. The normalized spacial score (nSPS) is 19.4. The van der Waals surface area contributed by atoms with Gasteiger partial charge in [0.1, 0.15) is 0 Å². The molecule has 2 rings (SSSR count). The Hall–Kier alpha value is -1.22. The van der Waals surface area contributed by atoms with Crippen molar-refractivity contribution in [1.82, 2.24) is 5.32 Å². The molecule has 1 aromatic rings. The van der Waals surface area contributed by atoms with E-state index in [4.69, 9.17) is 0 Å². The number of hydrogen-bond acceptors (Lipinski definition) is 2. The molecule has 84 valence electrons. The van der Waals surface area contributed by atoms with Crippen molar-refractivity contribution in [2.45, 2.75) is 24.3 Å². The second kappa shape index (κ2) is 5.21. The second-order valence-corrected chi connectivity index (χ2v) is 4.87. The van der Waals surface area contributed by atoms with Gasteiger partial charge in [0.15, 0.2) is 0 Å². The summed E-state index contributed by atoms with van der Waals surface area (Å²) in [5, 5.41) is 3.04. The molecule has 3 heteroatoms. The lowest BCUT2D eigenvalue weighted by molar-refractivity contribution is -0.117. The van der Waals surface area contributed by atoms with Crippen LogP contribution in [0.5, 0.6) is 0 Å². The maximum atomic E-state index is 11.5. The third-order valence-corrected chi connectivity index (χ3v) is 3.72. The molecule has 0 aliphatic carbocycles. The number of rotatable bonds is 2. The lowest BCUT2D eigenvalue weighted by atomic mass is 10.0. The Morgan fingerprint density at radius 1 is 1.50 bits per heavy atom. The lowest BCUT2D eigenvalue weighted by Gasteiger charge is -2.25. The van der Waals surface area contributed by atoms with Crippen LogP contribution in [0.25, 0.3) is 0 Å². The molecule has 0 saturated heterocycles. The summed E-state index contributed by atoms with van der Waals surface area (Å²) in [5.74, 6) is 1.06. The number of hydrogen-bond donors (Lipinski definition) is 1. The Balaban J connectivity index is 2.16. The van der Waals surface area contributed by atoms with Crippen LogP contribution < -0.4 is 5.32 Å². The number of benzene rings is 1. The van der Waals surface area contributed by atoms with E-state index < -0.39 is 0 Å². The quantitative estimate of drug-likeness (QED) is 0.796. The molecule has 0 radical (unpaired) electrons. The van der Waals surface area contributed by atoms with E-state index in [1.165, 1.54) is 10.5 Å². The molecule has 2 nitrogen and oxygen atoms in total. The molecule has 0 fully saturated rings. The van der Waals surface area contributed by atoms with Gasteiger partial charge in [-0.25, -0.2) is 0 Å². The maximum Gasteiger partial charge on any atom is 0.244 e. The van der Waals surface area contributed by atoms with Gasteiger partial charge in [-0.3, -0.25) is 4.79 Å². The molecule has 16 heavy (non-hydrogen) atoms. The number of allylic oxidation sites excluding steroid dienone is 1. The third-order valence-electron chi connectivity index (χ3n) is 2.59. The minimum absolute atomic E-state index is 0.00537. The summed E-state index contributed by atoms with van der Waals surface area (Å²) in [6.45, 7) is 1.85. The molecule has 1 N–H and O–H groups in total. The second-order valence-electron chi connectivity index (χ2n) is 3.74. The van der Waals surface area contributed by atoms with Gasteiger partial charge >= 0.3 is 0 Å². The number of amides is 1. The molecule has 0 saturated carbocycles. The van der Waals surface area contributed by atoms with Crippen LogP contribution in [0.3, 0.4) is 0 Å². The van der Waals surface area contributed by atoms with E-state index >= 15 is 0 Å². The van der Waals surface area contributed by atoms with E-state index in [1.807, 2.05) is 30.8 Å². The molecular formula is C13H15NOS. The van der Waals surface area contributed by atoms with Crippen molar-refractivity contribution in [2.75, 3.05) is 5.75 Å². The molecule has 1 heterocycles. The molecular weight excluding hydrogens is 218 g/mol. The molecule has 1 atom stereocenters. The van der Waals surface area contributed by atoms with Crippen molar-refractivity contribution in [3.05, 3.63) is 42.0 Å². The van der Waals surface area contributed by atoms with E-state index in [0.717, 1.165) is 12.2 Å². The highest BCUT2D eigenvalue weighted by Crippen LogP contribution is 2.35. The maximum absolute atomic E-state index is 11.5. The average molecular weight is 233 g/mol. The van der Waals surface area contributed by atoms with Gasteiger partial charge in [-0.2, -0.15) is 0 Å². The van der Waals surface area contributed by atoms with Gasteiger partial charge in [0.05, 0.1) is 6.04 Å². The van der Waals surface area contributed by atoms with Crippen molar-refractivity contribution >= 4 is 17.7 Å². The first-order valence-electron chi connectivity index (χ1n) is 5.46. The summed E-state index contributed by atoms with van der Waals surface area (Å²) in [6, 6.07) is 8.46. The van der Waals surface area contributed by atoms with Crippen molar-refractivity contribution in [3.63, 3.8) is 0 Å². The lowest BCUT2D eigenvalue weighted by Crippen LogP contribution is -2.29. The molecule has 1 aliphatic rings. The molecule has 0 bridgehead atoms. The Labute approximate surface area is 100 Å². The molecule has 1 aromatic carbocycles. The number of thioether (sulfide) groups is 1. The van der Waals surface area contributed by atoms with Gasteiger partial charge < -0.3 is 5.32 Å². The molecule has 0 spiro atoms. The van der Waals surface area contributed by atoms with Crippen molar-refractivity contribution in [3.8, 4) is 0 Å². The average Bonchev–Trinajstić information content (AvgIpc) is 2.30. The van der Waals surface area contributed by atoms with E-state index in [0.29, 0.717) is 0 Å². The fourth-order valence-electron chi connectivity index (χ4n) is 1.86. The van der Waals surface area contributed by atoms with Crippen LogP contribution in [0.4, 0.5) is 0 Å². The van der Waals surface area contributed by atoms with Crippen molar-refractivity contribution < 1.29 is 4.79 Å². The Morgan fingerprint density at radius 2 is 2.31 bits per heavy atom. The standard InChI is InChI=1S/C13H15NOS/c1-2-5-13(15)14-11-8-9-16-12-7-4-3-6-10(11)12/h2-7,11H,8-9H2,1H3,(H,14,15). The number of nitrogens with one attached hydrogen (secondary N) is 1. The highest BCUT2D eigenvalue weighted by Gasteiger charge is 2.20. The summed E-state index contributed by atoms with van der Waals surface area (Å²) in [5.41, 5.74) is 1.25. The Morgan fingerprint density at radius 3 is 3.12 bits per heavy atom. The Bertz CT molecular complexity index is 414. The van der Waals surface area contributed by atoms with Crippen LogP contribution in [0.1, 0.15) is 24.9 Å². The first-order chi connectivity index (χ1) is 7.81. The van der Waals surface area contributed by atoms with Crippen LogP contribution in [0.15, 0.2) is 41.3 Å². The zero-order valence-electron chi connectivity index (χ0n) is 9.27. The highest BCUT2D eigenvalue weighted by molar-refractivity contribution is 7.99. The predicted molar refractivity (Wildman–Crippen MR) is 67.5 cm³/mol. The van der Waals surface area contributed by atoms with E-state index in [1.54, 1.807) is 12.2 Å². The van der Waals surface area contributed by atoms with Gasteiger partial charge in [-0.1, -0.05) is 24.3 Å². The van der Waals surface area contributed by atoms with Crippen LogP contribution in [0, 0.1) is 0 Å². The molecule has 1 aliphatic heterocycles. The molecule has 1 unspecified atom stereocenters. The molecule has 1 amide bonds. The number of fused-ring (bicyclic) bond motifs is 1. The van der Waals surface area contributed by atoms with Crippen LogP contribution in [-0.2, 0) is 4.79 Å². The van der Waals surface area contributed by atoms with Gasteiger partial charge in [-0.15, -0.1) is 11.8 Å². The van der Waals surface area contributed by atoms with Crippen molar-refractivity contribution in [2.24, 2.45) is 0 Å². The topological polar surface area (TPSA) is 29.1 Å². The smallest absolute Gasteiger partial charge is 0.244 e. The van der Waals surface area contributed by atoms with Gasteiger partial charge in [0.2, 0.25) is 5.91 Å². The minimum atomic E-state index is -0.00537. The first-order valence-corrected chi connectivity index (χ1v) is 6.44. The monoisotopic (exact) mass is 233 g/mol. The van der Waals surface area contributed by atoms with Crippen LogP contribution in [-0.4, -0.2) is 11.7 Å². The Kier molecular flexibility index (Phi) is 3.67. The number of carbonyl (C=O) groups is 1. The molecule has 0 aromatic heterocycles. The summed E-state index contributed by atoms with van der Waals surface area (Å²) in [6.07, 6.45) is 4.34. The van der Waals surface area contributed by atoms with E-state index in [9.17, 15) is 4.79 Å². The minimum Gasteiger partial charge on any atom is -0.346 e. The summed E-state index contributed by atoms with van der Waals surface area (Å²) >= 11 is 1.86. The summed E-state index contributed by atoms with van der Waals surface area (Å²) in [4.78, 5) is 12.8. The van der Waals surface area contributed by atoms with E-state index in [2.05, 4.69) is 17.4 Å². The van der Waals surface area contributed by atoms with Crippen LogP contribution >= 0.6 is 11.8 Å². The number of carbonyl (C=O) groups excluding carboxylic acids is 1. The largest absolute Gasteiger partial charge is 0.346 e. The van der Waals surface area contributed by atoms with Crippen LogP contribution in [0.2, 0.25) is 0 Å². The van der Waals surface area contributed by atoms with Gasteiger partial charge in [-0.05, 0) is 31.1 Å². The summed E-state index contributed by atoms with van der Waals surface area (Å²) in [7, 11) is 0. The van der Waals surface area contributed by atoms with Crippen molar-refractivity contribution in [1.29, 1.82) is 0 Å². The zero-order valence-corrected chi connectivity index (χ0v) is 10.1.